The molecular formula is C11H22N2O2. The van der Waals surface area contributed by atoms with E-state index in [1.54, 1.807) is 11.8 Å². The van der Waals surface area contributed by atoms with E-state index in [2.05, 4.69) is 13.8 Å². The van der Waals surface area contributed by atoms with Crippen LogP contribution in [0.1, 0.15) is 27.2 Å². The maximum absolute atomic E-state index is 11.6. The molecule has 2 atom stereocenters. The number of rotatable bonds is 4. The normalized spacial score (nSPS) is 23.5. The zero-order chi connectivity index (χ0) is 11.4. The summed E-state index contributed by atoms with van der Waals surface area (Å²) in [4.78, 5) is 13.4. The first-order valence-corrected chi connectivity index (χ1v) is 5.66. The van der Waals surface area contributed by atoms with E-state index in [9.17, 15) is 4.79 Å². The number of ether oxygens (including phenoxy) is 1. The molecule has 2 unspecified atom stereocenters. The van der Waals surface area contributed by atoms with Crippen LogP contribution in [0.3, 0.4) is 0 Å². The number of carbonyl (C=O) groups is 1. The molecule has 1 amide bonds. The molecule has 0 spiro atoms. The molecule has 1 saturated heterocycles. The smallest absolute Gasteiger partial charge is 0.239 e. The van der Waals surface area contributed by atoms with Gasteiger partial charge in [-0.05, 0) is 19.3 Å². The van der Waals surface area contributed by atoms with Crippen LogP contribution in [0.25, 0.3) is 0 Å². The monoisotopic (exact) mass is 214 g/mol. The molecule has 0 radical (unpaired) electrons. The summed E-state index contributed by atoms with van der Waals surface area (Å²) in [5.41, 5.74) is 5.55. The van der Waals surface area contributed by atoms with Crippen LogP contribution >= 0.6 is 0 Å². The topological polar surface area (TPSA) is 55.6 Å². The maximum Gasteiger partial charge on any atom is 0.239 e. The molecule has 1 heterocycles. The number of nitrogens with two attached hydrogens (primary N) is 1. The van der Waals surface area contributed by atoms with Crippen molar-refractivity contribution in [3.8, 4) is 0 Å². The van der Waals surface area contributed by atoms with Gasteiger partial charge in [0.15, 0.2) is 0 Å². The molecule has 0 aromatic rings. The number of hydrogen-bond acceptors (Lipinski definition) is 3. The fraction of sp³-hybridized carbons (Fsp3) is 0.909. The highest BCUT2D eigenvalue weighted by Gasteiger charge is 2.28. The van der Waals surface area contributed by atoms with Gasteiger partial charge in [0, 0.05) is 19.7 Å². The largest absolute Gasteiger partial charge is 0.376 e. The van der Waals surface area contributed by atoms with E-state index in [-0.39, 0.29) is 12.0 Å². The van der Waals surface area contributed by atoms with Crippen LogP contribution < -0.4 is 5.73 Å². The standard InChI is InChI=1S/C11H22N2O2/c1-8(2)7-15-10-4-5-13(6-10)11(14)9(3)12/h8-10H,4-7,12H2,1-3H3. The highest BCUT2D eigenvalue weighted by atomic mass is 16.5. The van der Waals surface area contributed by atoms with Crippen molar-refractivity contribution in [2.24, 2.45) is 11.7 Å². The van der Waals surface area contributed by atoms with Crippen molar-refractivity contribution in [3.05, 3.63) is 0 Å². The number of hydrogen-bond donors (Lipinski definition) is 1. The van der Waals surface area contributed by atoms with E-state index in [1.165, 1.54) is 0 Å². The first-order chi connectivity index (χ1) is 7.00. The molecule has 4 nitrogen and oxygen atoms in total. The molecule has 4 heteroatoms. The summed E-state index contributed by atoms with van der Waals surface area (Å²) in [5, 5.41) is 0. The predicted molar refractivity (Wildman–Crippen MR) is 59.4 cm³/mol. The lowest BCUT2D eigenvalue weighted by molar-refractivity contribution is -0.131. The molecule has 1 aliphatic rings. The van der Waals surface area contributed by atoms with E-state index in [1.807, 2.05) is 0 Å². The fourth-order valence-corrected chi connectivity index (χ4v) is 1.68. The van der Waals surface area contributed by atoms with Gasteiger partial charge in [-0.3, -0.25) is 4.79 Å². The Bertz CT molecular complexity index is 217. The van der Waals surface area contributed by atoms with Crippen molar-refractivity contribution >= 4 is 5.91 Å². The molecule has 1 fully saturated rings. The highest BCUT2D eigenvalue weighted by Crippen LogP contribution is 2.14. The van der Waals surface area contributed by atoms with E-state index in [0.717, 1.165) is 19.6 Å². The van der Waals surface area contributed by atoms with Gasteiger partial charge in [0.25, 0.3) is 0 Å². The molecule has 0 aliphatic carbocycles. The van der Waals surface area contributed by atoms with Crippen LogP contribution in [0.2, 0.25) is 0 Å². The third-order valence-electron chi connectivity index (χ3n) is 2.51. The molecule has 0 saturated carbocycles. The number of nitrogens with zero attached hydrogens (tertiary/aromatic N) is 1. The van der Waals surface area contributed by atoms with Gasteiger partial charge in [0.2, 0.25) is 5.91 Å². The minimum atomic E-state index is -0.395. The Balaban J connectivity index is 2.29. The van der Waals surface area contributed by atoms with Crippen LogP contribution in [-0.4, -0.2) is 42.6 Å². The third kappa shape index (κ3) is 3.80. The van der Waals surface area contributed by atoms with Crippen molar-refractivity contribution in [1.29, 1.82) is 0 Å². The third-order valence-corrected chi connectivity index (χ3v) is 2.51. The van der Waals surface area contributed by atoms with Gasteiger partial charge in [0.1, 0.15) is 0 Å². The molecule has 88 valence electrons. The van der Waals surface area contributed by atoms with Crippen LogP contribution in [-0.2, 0) is 9.53 Å². The minimum Gasteiger partial charge on any atom is -0.376 e. The van der Waals surface area contributed by atoms with E-state index in [0.29, 0.717) is 12.5 Å². The van der Waals surface area contributed by atoms with Crippen molar-refractivity contribution in [2.75, 3.05) is 19.7 Å². The zero-order valence-corrected chi connectivity index (χ0v) is 9.90. The molecule has 0 aromatic heterocycles. The Morgan fingerprint density at radius 2 is 2.20 bits per heavy atom. The lowest BCUT2D eigenvalue weighted by atomic mass is 10.2. The summed E-state index contributed by atoms with van der Waals surface area (Å²) in [7, 11) is 0. The van der Waals surface area contributed by atoms with Gasteiger partial charge in [-0.1, -0.05) is 13.8 Å². The Hall–Kier alpha value is -0.610. The van der Waals surface area contributed by atoms with E-state index >= 15 is 0 Å². The van der Waals surface area contributed by atoms with Gasteiger partial charge < -0.3 is 15.4 Å². The molecule has 1 aliphatic heterocycles. The number of likely N-dealkylation sites (tertiary alicyclic amines) is 1. The predicted octanol–water partition coefficient (Wildman–Crippen LogP) is 0.607. The first-order valence-electron chi connectivity index (χ1n) is 5.66. The van der Waals surface area contributed by atoms with E-state index < -0.39 is 6.04 Å². The summed E-state index contributed by atoms with van der Waals surface area (Å²) in [6.45, 7) is 8.23. The van der Waals surface area contributed by atoms with Crippen LogP contribution in [0.4, 0.5) is 0 Å². The van der Waals surface area contributed by atoms with Crippen LogP contribution in [0.5, 0.6) is 0 Å². The van der Waals surface area contributed by atoms with Crippen LogP contribution in [0.15, 0.2) is 0 Å². The molecule has 1 rings (SSSR count). The van der Waals surface area contributed by atoms with Crippen molar-refractivity contribution in [2.45, 2.75) is 39.3 Å². The van der Waals surface area contributed by atoms with Gasteiger partial charge in [0.05, 0.1) is 12.1 Å². The number of amides is 1. The van der Waals surface area contributed by atoms with Gasteiger partial charge in [-0.2, -0.15) is 0 Å². The molecule has 0 bridgehead atoms. The Morgan fingerprint density at radius 1 is 1.53 bits per heavy atom. The van der Waals surface area contributed by atoms with Crippen LogP contribution in [0, 0.1) is 5.92 Å². The van der Waals surface area contributed by atoms with Crippen molar-refractivity contribution < 1.29 is 9.53 Å². The van der Waals surface area contributed by atoms with Crippen molar-refractivity contribution in [3.63, 3.8) is 0 Å². The zero-order valence-electron chi connectivity index (χ0n) is 9.90. The second-order valence-corrected chi connectivity index (χ2v) is 4.71. The quantitative estimate of drug-likeness (QED) is 0.746. The lowest BCUT2D eigenvalue weighted by Gasteiger charge is -2.19. The summed E-state index contributed by atoms with van der Waals surface area (Å²) in [6, 6.07) is -0.395. The van der Waals surface area contributed by atoms with Gasteiger partial charge >= 0.3 is 0 Å². The second kappa shape index (κ2) is 5.47. The summed E-state index contributed by atoms with van der Waals surface area (Å²) in [5.74, 6) is 0.578. The fourth-order valence-electron chi connectivity index (χ4n) is 1.68. The first kappa shape index (κ1) is 12.5. The van der Waals surface area contributed by atoms with Crippen molar-refractivity contribution in [1.82, 2.24) is 4.90 Å². The molecule has 2 N–H and O–H groups in total. The summed E-state index contributed by atoms with van der Waals surface area (Å²) in [6.07, 6.45) is 1.14. The maximum atomic E-state index is 11.6. The molecule has 15 heavy (non-hydrogen) atoms. The summed E-state index contributed by atoms with van der Waals surface area (Å²) >= 11 is 0. The molecular weight excluding hydrogens is 192 g/mol. The average Bonchev–Trinajstić information content (AvgIpc) is 2.61. The second-order valence-electron chi connectivity index (χ2n) is 4.71. The highest BCUT2D eigenvalue weighted by molar-refractivity contribution is 5.81. The Kier molecular flexibility index (Phi) is 4.54. The molecule has 0 aromatic carbocycles. The minimum absolute atomic E-state index is 0.0330. The SMILES string of the molecule is CC(C)COC1CCN(C(=O)C(C)N)C1. The average molecular weight is 214 g/mol. The Morgan fingerprint density at radius 3 is 2.73 bits per heavy atom. The van der Waals surface area contributed by atoms with E-state index in [4.69, 9.17) is 10.5 Å². The van der Waals surface area contributed by atoms with Gasteiger partial charge in [-0.25, -0.2) is 0 Å². The summed E-state index contributed by atoms with van der Waals surface area (Å²) < 4.78 is 5.69. The Labute approximate surface area is 91.8 Å². The van der Waals surface area contributed by atoms with Gasteiger partial charge in [-0.15, -0.1) is 0 Å². The lowest BCUT2D eigenvalue weighted by Crippen LogP contribution is -2.41. The number of carbonyl (C=O) groups excluding carboxylic acids is 1.